The topological polar surface area (TPSA) is 75.7 Å². The zero-order valence-corrected chi connectivity index (χ0v) is 15.2. The number of carbonyl (C=O) groups excluding carboxylic acids is 1. The van der Waals surface area contributed by atoms with Crippen LogP contribution in [0.1, 0.15) is 22.5 Å². The average Bonchev–Trinajstić information content (AvgIpc) is 3.01. The van der Waals surface area contributed by atoms with Gasteiger partial charge in [0.25, 0.3) is 0 Å². The quantitative estimate of drug-likeness (QED) is 0.836. The van der Waals surface area contributed by atoms with Crippen LogP contribution in [0.3, 0.4) is 0 Å². The van der Waals surface area contributed by atoms with Crippen LogP contribution in [0.15, 0.2) is 29.2 Å². The molecule has 1 aromatic carbocycles. The molecular formula is C16H20N2O4S2. The number of piperidine rings is 1. The van der Waals surface area contributed by atoms with Crippen molar-refractivity contribution in [3.8, 4) is 0 Å². The second kappa shape index (κ2) is 6.79. The van der Waals surface area contributed by atoms with E-state index in [1.54, 1.807) is 12.1 Å². The molecule has 1 aromatic heterocycles. The molecule has 0 spiro atoms. The van der Waals surface area contributed by atoms with E-state index in [0.29, 0.717) is 18.5 Å². The van der Waals surface area contributed by atoms with Gasteiger partial charge in [0.2, 0.25) is 10.0 Å². The highest BCUT2D eigenvalue weighted by atomic mass is 32.2. The van der Waals surface area contributed by atoms with Gasteiger partial charge < -0.3 is 10.1 Å². The van der Waals surface area contributed by atoms with Crippen LogP contribution in [0.4, 0.5) is 0 Å². The van der Waals surface area contributed by atoms with E-state index in [-0.39, 0.29) is 15.8 Å². The van der Waals surface area contributed by atoms with Crippen molar-refractivity contribution in [3.05, 3.63) is 29.1 Å². The summed E-state index contributed by atoms with van der Waals surface area (Å²) in [6, 6.07) is 7.29. The van der Waals surface area contributed by atoms with Gasteiger partial charge in [-0.25, -0.2) is 13.2 Å². The van der Waals surface area contributed by atoms with Crippen molar-refractivity contribution in [2.75, 3.05) is 27.2 Å². The van der Waals surface area contributed by atoms with Crippen LogP contribution >= 0.6 is 11.3 Å². The Bertz CT molecular complexity index is 860. The third kappa shape index (κ3) is 2.95. The Morgan fingerprint density at radius 1 is 1.38 bits per heavy atom. The first-order chi connectivity index (χ1) is 11.5. The number of esters is 1. The smallest absolute Gasteiger partial charge is 0.349 e. The predicted octanol–water partition coefficient (Wildman–Crippen LogP) is 2.06. The summed E-state index contributed by atoms with van der Waals surface area (Å²) in [6.45, 7) is 0.870. The van der Waals surface area contributed by atoms with Gasteiger partial charge in [-0.15, -0.1) is 11.3 Å². The molecule has 1 unspecified atom stereocenters. The fourth-order valence-electron chi connectivity index (χ4n) is 3.03. The molecule has 8 heteroatoms. The minimum atomic E-state index is -3.77. The third-order valence-corrected chi connectivity index (χ3v) is 7.54. The Hall–Kier alpha value is -1.48. The second-order valence-corrected chi connectivity index (χ2v) is 8.67. The molecule has 1 saturated heterocycles. The summed E-state index contributed by atoms with van der Waals surface area (Å²) in [5, 5.41) is 3.72. The van der Waals surface area contributed by atoms with Crippen LogP contribution < -0.4 is 5.32 Å². The average molecular weight is 368 g/mol. The molecule has 24 heavy (non-hydrogen) atoms. The molecule has 1 aliphatic rings. The fraction of sp³-hybridized carbons (Fsp3) is 0.438. The van der Waals surface area contributed by atoms with Crippen LogP contribution in [0.2, 0.25) is 0 Å². The summed E-state index contributed by atoms with van der Waals surface area (Å²) in [5.74, 6) is -0.614. The Morgan fingerprint density at radius 3 is 2.83 bits per heavy atom. The van der Waals surface area contributed by atoms with Crippen LogP contribution in [0, 0.1) is 0 Å². The highest BCUT2D eigenvalue weighted by Crippen LogP contribution is 2.37. The van der Waals surface area contributed by atoms with Crippen LogP contribution in [0.5, 0.6) is 0 Å². The Labute approximate surface area is 145 Å². The molecule has 2 heterocycles. The Balaban J connectivity index is 2.14. The van der Waals surface area contributed by atoms with Crippen molar-refractivity contribution in [3.63, 3.8) is 0 Å². The Morgan fingerprint density at radius 2 is 2.12 bits per heavy atom. The number of rotatable bonds is 4. The lowest BCUT2D eigenvalue weighted by Gasteiger charge is -2.31. The molecule has 1 N–H and O–H groups in total. The zero-order valence-electron chi connectivity index (χ0n) is 13.6. The molecule has 130 valence electrons. The Kier molecular flexibility index (Phi) is 4.91. The maximum atomic E-state index is 13.3. The first-order valence-corrected chi connectivity index (χ1v) is 10.0. The molecule has 6 nitrogen and oxygen atoms in total. The third-order valence-electron chi connectivity index (χ3n) is 4.31. The molecule has 0 bridgehead atoms. The van der Waals surface area contributed by atoms with E-state index in [1.165, 1.54) is 11.4 Å². The highest BCUT2D eigenvalue weighted by molar-refractivity contribution is 7.89. The number of methoxy groups -OCH3 is 1. The van der Waals surface area contributed by atoms with Gasteiger partial charge in [0.05, 0.1) is 7.11 Å². The number of nitrogens with one attached hydrogen (secondary N) is 1. The summed E-state index contributed by atoms with van der Waals surface area (Å²) < 4.78 is 33.6. The highest BCUT2D eigenvalue weighted by Gasteiger charge is 2.35. The SMILES string of the molecule is CNC1CCCN(S(=O)(=O)c2c(C(=O)OC)sc3ccccc23)C1. The first kappa shape index (κ1) is 17.3. The minimum absolute atomic E-state index is 0.0757. The minimum Gasteiger partial charge on any atom is -0.465 e. The largest absolute Gasteiger partial charge is 0.465 e. The number of carbonyl (C=O) groups is 1. The summed E-state index contributed by atoms with van der Waals surface area (Å²) >= 11 is 1.16. The van der Waals surface area contributed by atoms with E-state index in [9.17, 15) is 13.2 Å². The van der Waals surface area contributed by atoms with Crippen molar-refractivity contribution in [2.45, 2.75) is 23.8 Å². The number of nitrogens with zero attached hydrogens (tertiary/aromatic N) is 1. The van der Waals surface area contributed by atoms with Crippen LogP contribution in [0.25, 0.3) is 10.1 Å². The normalized spacial score (nSPS) is 19.5. The summed E-state index contributed by atoms with van der Waals surface area (Å²) in [6.07, 6.45) is 1.73. The van der Waals surface area contributed by atoms with Crippen LogP contribution in [-0.4, -0.2) is 52.0 Å². The molecule has 0 saturated carbocycles. The van der Waals surface area contributed by atoms with Gasteiger partial charge in [0.1, 0.15) is 9.77 Å². The van der Waals surface area contributed by atoms with Crippen molar-refractivity contribution in [2.24, 2.45) is 0 Å². The summed E-state index contributed by atoms with van der Waals surface area (Å²) in [7, 11) is -0.672. The zero-order chi connectivity index (χ0) is 17.3. The molecule has 2 aromatic rings. The molecule has 1 aliphatic heterocycles. The van der Waals surface area contributed by atoms with Gasteiger partial charge in [-0.1, -0.05) is 18.2 Å². The van der Waals surface area contributed by atoms with E-state index < -0.39 is 16.0 Å². The van der Waals surface area contributed by atoms with Crippen LogP contribution in [-0.2, 0) is 14.8 Å². The number of benzene rings is 1. The van der Waals surface area contributed by atoms with Crippen molar-refractivity contribution in [1.82, 2.24) is 9.62 Å². The maximum Gasteiger partial charge on any atom is 0.349 e. The van der Waals surface area contributed by atoms with Gasteiger partial charge in [0, 0.05) is 29.2 Å². The lowest BCUT2D eigenvalue weighted by Crippen LogP contribution is -2.47. The molecule has 0 aliphatic carbocycles. The van der Waals surface area contributed by atoms with E-state index in [2.05, 4.69) is 5.32 Å². The fourth-order valence-corrected chi connectivity index (χ4v) is 6.33. The molecule has 0 amide bonds. The number of thiophene rings is 1. The molecule has 1 atom stereocenters. The van der Waals surface area contributed by atoms with Gasteiger partial charge in [-0.2, -0.15) is 4.31 Å². The molecule has 1 fully saturated rings. The van der Waals surface area contributed by atoms with Gasteiger partial charge >= 0.3 is 5.97 Å². The predicted molar refractivity (Wildman–Crippen MR) is 94.0 cm³/mol. The molecule has 0 radical (unpaired) electrons. The number of ether oxygens (including phenoxy) is 1. The lowest BCUT2D eigenvalue weighted by molar-refractivity contribution is 0.0602. The van der Waals surface area contributed by atoms with Gasteiger partial charge in [-0.05, 0) is 26.0 Å². The number of likely N-dealkylation sites (N-methyl/N-ethyl adjacent to an activating group) is 1. The first-order valence-electron chi connectivity index (χ1n) is 7.76. The second-order valence-electron chi connectivity index (χ2n) is 5.74. The number of sulfonamides is 1. The maximum absolute atomic E-state index is 13.3. The summed E-state index contributed by atoms with van der Waals surface area (Å²) in [5.41, 5.74) is 0. The van der Waals surface area contributed by atoms with E-state index in [0.717, 1.165) is 28.9 Å². The van der Waals surface area contributed by atoms with Crippen molar-refractivity contribution >= 4 is 37.4 Å². The number of hydrogen-bond donors (Lipinski definition) is 1. The monoisotopic (exact) mass is 368 g/mol. The van der Waals surface area contributed by atoms with E-state index >= 15 is 0 Å². The number of hydrogen-bond acceptors (Lipinski definition) is 6. The van der Waals surface area contributed by atoms with Gasteiger partial charge in [0.15, 0.2) is 0 Å². The van der Waals surface area contributed by atoms with Gasteiger partial charge in [-0.3, -0.25) is 0 Å². The molecular weight excluding hydrogens is 348 g/mol. The van der Waals surface area contributed by atoms with Crippen molar-refractivity contribution < 1.29 is 17.9 Å². The van der Waals surface area contributed by atoms with E-state index in [4.69, 9.17) is 4.74 Å². The lowest BCUT2D eigenvalue weighted by atomic mass is 10.1. The summed E-state index contributed by atoms with van der Waals surface area (Å²) in [4.78, 5) is 12.4. The number of fused-ring (bicyclic) bond motifs is 1. The van der Waals surface area contributed by atoms with Crippen molar-refractivity contribution in [1.29, 1.82) is 0 Å². The molecule has 3 rings (SSSR count). The van der Waals surface area contributed by atoms with E-state index in [1.807, 2.05) is 19.2 Å². The standard InChI is InChI=1S/C16H20N2O4S2/c1-17-11-6-5-9-18(10-11)24(20,21)15-12-7-3-4-8-13(12)23-14(15)16(19)22-2/h3-4,7-8,11,17H,5-6,9-10H2,1-2H3.